The molecule has 1 aliphatic rings. The Kier molecular flexibility index (Phi) is 1.70. The third kappa shape index (κ3) is 1.10. The number of fused-ring (bicyclic) bond motifs is 1. The molecule has 0 saturated heterocycles. The molecule has 0 atom stereocenters. The number of anilines is 1. The molecule has 0 spiro atoms. The molecule has 14 heavy (non-hydrogen) atoms. The third-order valence-corrected chi connectivity index (χ3v) is 3.65. The molecule has 0 radical (unpaired) electrons. The van der Waals surface area contributed by atoms with E-state index in [0.29, 0.717) is 11.7 Å². The molecule has 3 rings (SSSR count). The third-order valence-electron chi connectivity index (χ3n) is 2.84. The topological polar surface area (TPSA) is 51.8 Å². The van der Waals surface area contributed by atoms with Gasteiger partial charge in [0.1, 0.15) is 16.5 Å². The van der Waals surface area contributed by atoms with Crippen molar-refractivity contribution in [2.75, 3.05) is 5.73 Å². The van der Waals surface area contributed by atoms with Crippen molar-refractivity contribution in [2.45, 2.75) is 25.2 Å². The summed E-state index contributed by atoms with van der Waals surface area (Å²) >= 11 is 1.64. The van der Waals surface area contributed by atoms with Crippen LogP contribution in [-0.4, -0.2) is 9.97 Å². The fraction of sp³-hybridized carbons (Fsp3) is 0.400. The summed E-state index contributed by atoms with van der Waals surface area (Å²) in [6.45, 7) is 0. The van der Waals surface area contributed by atoms with Crippen LogP contribution in [0.4, 0.5) is 5.82 Å². The van der Waals surface area contributed by atoms with Gasteiger partial charge in [0.25, 0.3) is 0 Å². The zero-order valence-corrected chi connectivity index (χ0v) is 8.55. The predicted molar refractivity (Wildman–Crippen MR) is 58.4 cm³/mol. The van der Waals surface area contributed by atoms with Gasteiger partial charge in [0, 0.05) is 5.92 Å². The number of rotatable bonds is 1. The van der Waals surface area contributed by atoms with Crippen LogP contribution in [0.1, 0.15) is 31.0 Å². The minimum atomic E-state index is 0.559. The summed E-state index contributed by atoms with van der Waals surface area (Å²) in [7, 11) is 0. The van der Waals surface area contributed by atoms with E-state index >= 15 is 0 Å². The molecule has 0 aliphatic heterocycles. The number of nitrogen functional groups attached to an aromatic ring is 1. The highest BCUT2D eigenvalue weighted by Gasteiger charge is 2.23. The first-order chi connectivity index (χ1) is 6.84. The van der Waals surface area contributed by atoms with Crippen molar-refractivity contribution in [3.05, 3.63) is 17.3 Å². The van der Waals surface area contributed by atoms with Crippen LogP contribution in [0, 0.1) is 0 Å². The molecule has 1 saturated carbocycles. The van der Waals surface area contributed by atoms with Gasteiger partial charge in [-0.25, -0.2) is 9.97 Å². The van der Waals surface area contributed by atoms with Crippen molar-refractivity contribution in [2.24, 2.45) is 0 Å². The molecule has 0 unspecified atom stereocenters. The molecule has 2 aromatic heterocycles. The van der Waals surface area contributed by atoms with Gasteiger partial charge in [0.2, 0.25) is 0 Å². The van der Waals surface area contributed by atoms with Crippen molar-refractivity contribution in [3.8, 4) is 0 Å². The molecule has 2 aromatic rings. The Balaban J connectivity index is 2.16. The molecule has 0 bridgehead atoms. The highest BCUT2D eigenvalue weighted by atomic mass is 32.1. The average molecular weight is 205 g/mol. The van der Waals surface area contributed by atoms with Crippen LogP contribution in [0.25, 0.3) is 10.2 Å². The SMILES string of the molecule is Nc1nc(C2CCC2)nc2sccc12. The smallest absolute Gasteiger partial charge is 0.135 e. The first-order valence-corrected chi connectivity index (χ1v) is 5.73. The van der Waals surface area contributed by atoms with Gasteiger partial charge < -0.3 is 5.73 Å². The number of nitrogens with zero attached hydrogens (tertiary/aromatic N) is 2. The molecule has 2 N–H and O–H groups in total. The molecule has 1 aliphatic carbocycles. The van der Waals surface area contributed by atoms with E-state index in [4.69, 9.17) is 5.73 Å². The Morgan fingerprint density at radius 2 is 2.21 bits per heavy atom. The number of thiophene rings is 1. The molecular formula is C10H11N3S. The van der Waals surface area contributed by atoms with Crippen LogP contribution in [0.3, 0.4) is 0 Å². The summed E-state index contributed by atoms with van der Waals surface area (Å²) in [4.78, 5) is 9.94. The second kappa shape index (κ2) is 2.92. The van der Waals surface area contributed by atoms with Crippen molar-refractivity contribution >= 4 is 27.4 Å². The van der Waals surface area contributed by atoms with E-state index in [-0.39, 0.29) is 0 Å². The number of aromatic nitrogens is 2. The van der Waals surface area contributed by atoms with E-state index in [0.717, 1.165) is 16.0 Å². The van der Waals surface area contributed by atoms with Crippen LogP contribution < -0.4 is 5.73 Å². The lowest BCUT2D eigenvalue weighted by Gasteiger charge is -2.23. The Morgan fingerprint density at radius 3 is 2.93 bits per heavy atom. The summed E-state index contributed by atoms with van der Waals surface area (Å²) in [6.07, 6.45) is 3.74. The Labute approximate surface area is 86.0 Å². The fourth-order valence-corrected chi connectivity index (χ4v) is 2.52. The first-order valence-electron chi connectivity index (χ1n) is 4.85. The summed E-state index contributed by atoms with van der Waals surface area (Å²) in [5.74, 6) is 2.14. The van der Waals surface area contributed by atoms with Gasteiger partial charge in [0.05, 0.1) is 5.39 Å². The molecule has 0 amide bonds. The van der Waals surface area contributed by atoms with Gasteiger partial charge in [-0.1, -0.05) is 6.42 Å². The molecule has 3 nitrogen and oxygen atoms in total. The van der Waals surface area contributed by atoms with Crippen LogP contribution in [0.15, 0.2) is 11.4 Å². The predicted octanol–water partition coefficient (Wildman–Crippen LogP) is 2.54. The molecule has 4 heteroatoms. The largest absolute Gasteiger partial charge is 0.383 e. The van der Waals surface area contributed by atoms with E-state index < -0.39 is 0 Å². The second-order valence-corrected chi connectivity index (χ2v) is 4.63. The second-order valence-electron chi connectivity index (χ2n) is 3.73. The Morgan fingerprint density at radius 1 is 1.36 bits per heavy atom. The van der Waals surface area contributed by atoms with E-state index in [1.54, 1.807) is 11.3 Å². The summed E-state index contributed by atoms with van der Waals surface area (Å²) in [6, 6.07) is 1.99. The highest BCUT2D eigenvalue weighted by Crippen LogP contribution is 2.36. The van der Waals surface area contributed by atoms with E-state index in [9.17, 15) is 0 Å². The van der Waals surface area contributed by atoms with Gasteiger partial charge in [-0.2, -0.15) is 0 Å². The van der Waals surface area contributed by atoms with Crippen molar-refractivity contribution < 1.29 is 0 Å². The number of nitrogens with two attached hydrogens (primary N) is 1. The fourth-order valence-electron chi connectivity index (χ4n) is 1.74. The lowest BCUT2D eigenvalue weighted by Crippen LogP contribution is -2.13. The zero-order valence-electron chi connectivity index (χ0n) is 7.73. The van der Waals surface area contributed by atoms with Gasteiger partial charge in [-0.05, 0) is 24.3 Å². The summed E-state index contributed by atoms with van der Waals surface area (Å²) < 4.78 is 0. The van der Waals surface area contributed by atoms with Crippen LogP contribution >= 0.6 is 11.3 Å². The van der Waals surface area contributed by atoms with Crippen molar-refractivity contribution in [1.29, 1.82) is 0 Å². The molecular weight excluding hydrogens is 194 g/mol. The minimum Gasteiger partial charge on any atom is -0.383 e. The maximum absolute atomic E-state index is 5.87. The minimum absolute atomic E-state index is 0.559. The van der Waals surface area contributed by atoms with Gasteiger partial charge in [0.15, 0.2) is 0 Å². The first kappa shape index (κ1) is 8.17. The van der Waals surface area contributed by atoms with Crippen LogP contribution in [0.5, 0.6) is 0 Å². The van der Waals surface area contributed by atoms with E-state index in [1.807, 2.05) is 11.4 Å². The van der Waals surface area contributed by atoms with Crippen LogP contribution in [-0.2, 0) is 0 Å². The molecule has 2 heterocycles. The monoisotopic (exact) mass is 205 g/mol. The van der Waals surface area contributed by atoms with Crippen LogP contribution in [0.2, 0.25) is 0 Å². The van der Waals surface area contributed by atoms with Gasteiger partial charge >= 0.3 is 0 Å². The molecule has 72 valence electrons. The Bertz CT molecular complexity index is 473. The van der Waals surface area contributed by atoms with E-state index in [1.165, 1.54) is 19.3 Å². The standard InChI is InChI=1S/C10H11N3S/c11-8-7-4-5-14-10(7)13-9(12-8)6-2-1-3-6/h4-6H,1-3H2,(H2,11,12,13). The van der Waals surface area contributed by atoms with Gasteiger partial charge in [-0.3, -0.25) is 0 Å². The number of hydrogen-bond donors (Lipinski definition) is 1. The molecule has 0 aromatic carbocycles. The average Bonchev–Trinajstić information content (AvgIpc) is 2.48. The lowest BCUT2D eigenvalue weighted by molar-refractivity contribution is 0.403. The number of hydrogen-bond acceptors (Lipinski definition) is 4. The van der Waals surface area contributed by atoms with Crippen molar-refractivity contribution in [1.82, 2.24) is 9.97 Å². The lowest BCUT2D eigenvalue weighted by atomic mass is 9.85. The van der Waals surface area contributed by atoms with Crippen molar-refractivity contribution in [3.63, 3.8) is 0 Å². The quantitative estimate of drug-likeness (QED) is 0.778. The maximum atomic E-state index is 5.87. The normalized spacial score (nSPS) is 17.1. The molecule has 1 fully saturated rings. The zero-order chi connectivity index (χ0) is 9.54. The summed E-state index contributed by atoms with van der Waals surface area (Å²) in [5.41, 5.74) is 5.87. The van der Waals surface area contributed by atoms with Gasteiger partial charge in [-0.15, -0.1) is 11.3 Å². The Hall–Kier alpha value is -1.16. The highest BCUT2D eigenvalue weighted by molar-refractivity contribution is 7.16. The summed E-state index contributed by atoms with van der Waals surface area (Å²) in [5, 5.41) is 3.01. The maximum Gasteiger partial charge on any atom is 0.135 e. The van der Waals surface area contributed by atoms with E-state index in [2.05, 4.69) is 9.97 Å².